The summed E-state index contributed by atoms with van der Waals surface area (Å²) in [4.78, 5) is 0. The summed E-state index contributed by atoms with van der Waals surface area (Å²) in [5.41, 5.74) is 0. The van der Waals surface area contributed by atoms with Gasteiger partial charge in [0.1, 0.15) is 0 Å². The smallest absolute Gasteiger partial charge is 0.0306 e. The van der Waals surface area contributed by atoms with Crippen LogP contribution < -0.4 is 0 Å². The van der Waals surface area contributed by atoms with Gasteiger partial charge < -0.3 is 0 Å². The Morgan fingerprint density at radius 2 is 1.10 bits per heavy atom. The Kier molecular flexibility index (Phi) is 0.283. The summed E-state index contributed by atoms with van der Waals surface area (Å²) in [6, 6.07) is 0. The van der Waals surface area contributed by atoms with Crippen molar-refractivity contribution in [1.82, 2.24) is 0 Å². The molecule has 0 unspecified atom stereocenters. The van der Waals surface area contributed by atoms with E-state index >= 15 is 0 Å². The molecule has 0 spiro atoms. The Morgan fingerprint density at radius 3 is 1.40 bits per heavy atom. The maximum atomic E-state index is 8.43. The number of rotatable bonds is 0. The minimum Gasteiger partial charge on any atom is -0.0530 e. The van der Waals surface area contributed by atoms with Gasteiger partial charge in [-0.3, -0.25) is 0 Å². The number of fused-ring (bicyclic) bond motifs is 1. The highest BCUT2D eigenvalue weighted by molar-refractivity contribution is 4.78. The van der Waals surface area contributed by atoms with Gasteiger partial charge in [0.15, 0.2) is 0 Å². The van der Waals surface area contributed by atoms with E-state index in [1.807, 2.05) is 0 Å². The molecule has 2 aliphatic carbocycles. The maximum absolute atomic E-state index is 8.43. The van der Waals surface area contributed by atoms with Crippen molar-refractivity contribution in [3.63, 3.8) is 0 Å². The molecule has 0 radical (unpaired) electrons. The molecule has 0 heteroatoms. The van der Waals surface area contributed by atoms with Gasteiger partial charge in [-0.15, -0.1) is 0 Å². The fourth-order valence-electron chi connectivity index (χ4n) is 0.688. The lowest BCUT2D eigenvalue weighted by molar-refractivity contribution is 0.171. The average Bonchev–Trinajstić information content (AvgIpc) is 2.49. The molecule has 2 aliphatic rings. The third-order valence-corrected chi connectivity index (χ3v) is 1.12. The van der Waals surface area contributed by atoms with E-state index in [1.54, 1.807) is 0 Å². The van der Waals surface area contributed by atoms with Crippen LogP contribution in [0.3, 0.4) is 0 Å². The van der Waals surface area contributed by atoms with E-state index in [-0.39, 0.29) is 0 Å². The van der Waals surface area contributed by atoms with Crippen molar-refractivity contribution in [2.75, 3.05) is 0 Å². The molecule has 2 rings (SSSR count). The zero-order chi connectivity index (χ0) is 23.0. The summed E-state index contributed by atoms with van der Waals surface area (Å²) in [5, 5.41) is 0. The molecule has 2 fully saturated rings. The predicted octanol–water partition coefficient (Wildman–Crippen LogP) is 3.37. The predicted molar refractivity (Wildman–Crippen MR) is 43.9 cm³/mol. The third kappa shape index (κ3) is 1.21. The molecule has 58 valence electrons. The zero-order valence-electron chi connectivity index (χ0n) is 23.0. The highest BCUT2D eigenvalue weighted by Crippen LogP contribution is 2.39. The monoisotopic (exact) mass is 156 g/mol. The van der Waals surface area contributed by atoms with Crippen LogP contribution in [0.2, 0.25) is 0 Å². The summed E-state index contributed by atoms with van der Waals surface area (Å²) < 4.78 is 144. The fraction of sp³-hybridized carbons (Fsp3) is 1.00. The second kappa shape index (κ2) is 2.94. The minimum atomic E-state index is -4.25. The Morgan fingerprint density at radius 1 is 0.800 bits per heavy atom. The van der Waals surface area contributed by atoms with Crippen molar-refractivity contribution >= 4 is 0 Å². The summed E-state index contributed by atoms with van der Waals surface area (Å²) >= 11 is 0. The van der Waals surface area contributed by atoms with E-state index in [0.29, 0.717) is 0 Å². The van der Waals surface area contributed by atoms with E-state index in [9.17, 15) is 0 Å². The molecular weight excluding hydrogens is 120 g/mol. The van der Waals surface area contributed by atoms with Gasteiger partial charge in [-0.1, -0.05) is 51.0 Å². The molecule has 0 aliphatic heterocycles. The van der Waals surface area contributed by atoms with Gasteiger partial charge >= 0.3 is 0 Å². The van der Waals surface area contributed by atoms with E-state index < -0.39 is 62.8 Å². The van der Waals surface area contributed by atoms with Crippen molar-refractivity contribution in [1.29, 1.82) is 0 Å². The van der Waals surface area contributed by atoms with E-state index in [0.717, 1.165) is 0 Å². The first kappa shape index (κ1) is 0.963. The lowest BCUT2D eigenvalue weighted by Crippen LogP contribution is -2.22. The molecule has 0 heterocycles. The van der Waals surface area contributed by atoms with Crippen molar-refractivity contribution in [3.05, 3.63) is 0 Å². The molecule has 0 aromatic carbocycles. The van der Waals surface area contributed by atoms with Crippen LogP contribution in [0.4, 0.5) is 0 Å². The summed E-state index contributed by atoms with van der Waals surface area (Å²) in [6.45, 7) is 0. The first-order valence-corrected chi connectivity index (χ1v) is 2.75. The molecule has 0 bridgehead atoms. The molecule has 0 amide bonds. The van der Waals surface area contributed by atoms with Gasteiger partial charge in [0.2, 0.25) is 0 Å². The van der Waals surface area contributed by atoms with Crippen LogP contribution in [0.15, 0.2) is 0 Å². The summed E-state index contributed by atoms with van der Waals surface area (Å²) in [7, 11) is 0. The second-order valence-corrected chi connectivity index (χ2v) is 1.75. The third-order valence-electron chi connectivity index (χ3n) is 1.12. The Hall–Kier alpha value is 0. The van der Waals surface area contributed by atoms with Gasteiger partial charge in [0, 0.05) is 24.7 Å². The van der Waals surface area contributed by atoms with Crippen LogP contribution in [-0.2, 0) is 0 Å². The highest BCUT2D eigenvalue weighted by Gasteiger charge is 2.26. The topological polar surface area (TPSA) is 0 Å². The molecule has 0 saturated heterocycles. The number of hydrogen-bond acceptors (Lipinski definition) is 0. The Bertz CT molecular complexity index is 587. The van der Waals surface area contributed by atoms with Gasteiger partial charge in [-0.25, -0.2) is 0 Å². The Balaban J connectivity index is 3.23. The van der Waals surface area contributed by atoms with E-state index in [4.69, 9.17) is 24.7 Å². The van der Waals surface area contributed by atoms with Crippen LogP contribution in [0.1, 0.15) is 75.7 Å². The van der Waals surface area contributed by atoms with Gasteiger partial charge in [0.05, 0.1) is 0 Å². The Labute approximate surface area is 89.3 Å². The normalized spacial score (nSPS) is 122. The summed E-state index contributed by atoms with van der Waals surface area (Å²) in [5.74, 6) is -8.49. The first-order valence-electron chi connectivity index (χ1n) is 11.8. The maximum Gasteiger partial charge on any atom is 0.0306 e. The molecule has 0 aromatic heterocycles. The largest absolute Gasteiger partial charge is 0.0530 e. The molecule has 0 nitrogen and oxygen atoms in total. The molecule has 0 atom stereocenters. The second-order valence-electron chi connectivity index (χ2n) is 1.75. The first-order chi connectivity index (χ1) is 11.8. The van der Waals surface area contributed by atoms with Crippen LogP contribution in [-0.4, -0.2) is 0 Å². The van der Waals surface area contributed by atoms with Crippen LogP contribution in [0.25, 0.3) is 0 Å². The van der Waals surface area contributed by atoms with Crippen LogP contribution in [0.5, 0.6) is 0 Å². The lowest BCUT2D eigenvalue weighted by Gasteiger charge is -2.35. The van der Waals surface area contributed by atoms with Gasteiger partial charge in [-0.2, -0.15) is 0 Å². The lowest BCUT2D eigenvalue weighted by atomic mass is 9.71. The van der Waals surface area contributed by atoms with E-state index in [1.165, 1.54) is 0 Å². The van der Waals surface area contributed by atoms with Crippen LogP contribution in [0, 0.1) is 11.8 Å². The fourth-order valence-corrected chi connectivity index (χ4v) is 0.688. The zero-order valence-corrected chi connectivity index (χ0v) is 5.00. The quantitative estimate of drug-likeness (QED) is 0.504. The van der Waals surface area contributed by atoms with Crippen molar-refractivity contribution in [2.24, 2.45) is 11.8 Å². The molecular formula is C10H18. The number of hydrogen-bond donors (Lipinski definition) is 0. The summed E-state index contributed by atoms with van der Waals surface area (Å²) in [6.07, 6.45) is -32.7. The van der Waals surface area contributed by atoms with Crippen molar-refractivity contribution in [2.45, 2.75) is 51.0 Å². The average molecular weight is 156 g/mol. The van der Waals surface area contributed by atoms with E-state index in [2.05, 4.69) is 0 Å². The highest BCUT2D eigenvalue weighted by atomic mass is 14.3. The van der Waals surface area contributed by atoms with Gasteiger partial charge in [0.25, 0.3) is 0 Å². The SMILES string of the molecule is [2H]C1([2H])C([2H])([2H])C([2H])([2H])C2([2H])C([2H])([2H])C([2H])([2H])C([2H])([2H])C([2H])([2H])C2([2H])C1([2H])[2H]. The van der Waals surface area contributed by atoms with Gasteiger partial charge in [-0.05, 0) is 11.8 Å². The minimum absolute atomic E-state index is 4.01. The molecule has 2 saturated carbocycles. The standard InChI is InChI=1S/C10H18/c1-2-6-10-8-4-3-7-9(10)5-1/h9-10H,1-8H2/i1D2,2D2,3D2,4D2,5D2,6D2,7D2,8D2,9D,10D. The van der Waals surface area contributed by atoms with Crippen molar-refractivity contribution < 1.29 is 24.7 Å². The van der Waals surface area contributed by atoms with Crippen molar-refractivity contribution in [3.8, 4) is 0 Å². The molecule has 0 N–H and O–H groups in total. The van der Waals surface area contributed by atoms with Crippen LogP contribution >= 0.6 is 0 Å². The molecule has 10 heavy (non-hydrogen) atoms. The molecule has 0 aromatic rings.